The van der Waals surface area contributed by atoms with Gasteiger partial charge in [0.2, 0.25) is 12.8 Å². The summed E-state index contributed by atoms with van der Waals surface area (Å²) in [4.78, 5) is 50.9. The highest BCUT2D eigenvalue weighted by Gasteiger charge is 2.02. The fourth-order valence-corrected chi connectivity index (χ4v) is 7.90. The summed E-state index contributed by atoms with van der Waals surface area (Å²) in [7, 11) is 0. The van der Waals surface area contributed by atoms with Gasteiger partial charge in [-0.25, -0.2) is 19.6 Å². The number of nitrogens with zero attached hydrogens (tertiary/aromatic N) is 2. The van der Waals surface area contributed by atoms with E-state index in [4.69, 9.17) is 39.2 Å². The Bertz CT molecular complexity index is 727. The monoisotopic (exact) mass is 792 g/mol. The van der Waals surface area contributed by atoms with Crippen LogP contribution in [0, 0.1) is 0 Å². The Morgan fingerprint density at radius 1 is 0.556 bits per heavy atom. The molecule has 0 saturated heterocycles. The van der Waals surface area contributed by atoms with Gasteiger partial charge >= 0.3 is 12.2 Å². The van der Waals surface area contributed by atoms with Gasteiger partial charge in [0.1, 0.15) is 26.4 Å². The molecule has 4 N–H and O–H groups in total. The molecule has 0 aromatic carbocycles. The summed E-state index contributed by atoms with van der Waals surface area (Å²) >= 11 is 12.7. The number of amides is 2. The number of hydrogen-bond donors (Lipinski definition) is 4. The standard InChI is InChI=1S/C23H44N4O10S8/c28-1-7-38-9-3-32-22(30)26-17-44-20-43-16-25-14-37-35-6-12-41-19-40-10-4-33-23(31)27-18-45-21-42-15-24-13-36-34-5-11-39-8-2-29/h13-14,28-29H,1-12,15-21H2,(H,26,30)(H,27,31)/b24-13+,25-14+. The molecule has 0 aliphatic rings. The minimum Gasteiger partial charge on any atom is -0.449 e. The van der Waals surface area contributed by atoms with Crippen LogP contribution in [0.25, 0.3) is 0 Å². The van der Waals surface area contributed by atoms with E-state index in [0.717, 1.165) is 26.8 Å². The Morgan fingerprint density at radius 3 is 1.47 bits per heavy atom. The predicted molar refractivity (Wildman–Crippen MR) is 198 cm³/mol. The maximum absolute atomic E-state index is 11.7. The molecular formula is C23H44N4O10S8. The Morgan fingerprint density at radius 2 is 0.978 bits per heavy atom. The molecule has 45 heavy (non-hydrogen) atoms. The first-order valence-corrected chi connectivity index (χ1v) is 22.6. The van der Waals surface area contributed by atoms with Crippen molar-refractivity contribution in [2.45, 2.75) is 0 Å². The smallest absolute Gasteiger partial charge is 0.407 e. The van der Waals surface area contributed by atoms with E-state index in [0.29, 0.717) is 72.9 Å². The minimum absolute atomic E-state index is 0.125. The van der Waals surface area contributed by atoms with E-state index in [-0.39, 0.29) is 13.2 Å². The summed E-state index contributed by atoms with van der Waals surface area (Å²) in [6.45, 7) is 1.81. The summed E-state index contributed by atoms with van der Waals surface area (Å²) in [6, 6.07) is 0. The number of aliphatic imine (C=N–C) groups is 2. The number of nitrogens with one attached hydrogen (secondary N) is 2. The van der Waals surface area contributed by atoms with Crippen molar-refractivity contribution in [1.29, 1.82) is 0 Å². The maximum Gasteiger partial charge on any atom is 0.407 e. The number of thioether (sulfide) groups is 8. The molecule has 0 fully saturated rings. The predicted octanol–water partition coefficient (Wildman–Crippen LogP) is 3.94. The third-order valence-corrected chi connectivity index (χ3v) is 12.0. The minimum atomic E-state index is -0.441. The number of alkyl carbamates (subject to hydrolysis) is 2. The quantitative estimate of drug-likeness (QED) is 0.0184. The van der Waals surface area contributed by atoms with Crippen LogP contribution in [0.4, 0.5) is 9.59 Å². The van der Waals surface area contributed by atoms with Crippen molar-refractivity contribution in [3.63, 3.8) is 0 Å². The zero-order chi connectivity index (χ0) is 32.7. The van der Waals surface area contributed by atoms with E-state index in [9.17, 15) is 9.59 Å². The number of aliphatic hydroxyl groups excluding tert-OH is 2. The molecule has 0 unspecified atom stereocenters. The first-order valence-electron chi connectivity index (χ1n) is 13.4. The molecule has 0 aromatic heterocycles. The van der Waals surface area contributed by atoms with Crippen molar-refractivity contribution in [3.05, 3.63) is 0 Å². The van der Waals surface area contributed by atoms with Gasteiger partial charge in [0.25, 0.3) is 0 Å². The molecule has 0 radical (unpaired) electrons. The lowest BCUT2D eigenvalue weighted by Gasteiger charge is -2.06. The van der Waals surface area contributed by atoms with Gasteiger partial charge in [-0.1, -0.05) is 0 Å². The zero-order valence-electron chi connectivity index (χ0n) is 24.9. The topological polar surface area (TPSA) is 179 Å². The average molecular weight is 793 g/mol. The highest BCUT2D eigenvalue weighted by Crippen LogP contribution is 2.13. The SMILES string of the molecule is O=C(NCSCSC/N=C/OOCCSCSCCOC(=O)NCSCSC/N=C/OOCCSCCO)OCCSCCO. The van der Waals surface area contributed by atoms with Crippen LogP contribution in [-0.4, -0.2) is 148 Å². The van der Waals surface area contributed by atoms with E-state index in [1.807, 2.05) is 0 Å². The molecule has 0 aliphatic heterocycles. The van der Waals surface area contributed by atoms with Gasteiger partial charge in [0, 0.05) is 49.8 Å². The van der Waals surface area contributed by atoms with E-state index in [1.54, 1.807) is 82.3 Å². The Hall–Kier alpha value is 0.120. The second-order valence-corrected chi connectivity index (χ2v) is 16.9. The Balaban J connectivity index is 3.27. The molecule has 22 heteroatoms. The Labute approximate surface area is 299 Å². The van der Waals surface area contributed by atoms with Gasteiger partial charge in [-0.3, -0.25) is 0 Å². The Kier molecular flexibility index (Phi) is 40.4. The fourth-order valence-electron chi connectivity index (χ4n) is 2.06. The normalized spacial score (nSPS) is 11.2. The van der Waals surface area contributed by atoms with Gasteiger partial charge in [-0.2, -0.15) is 33.3 Å². The van der Waals surface area contributed by atoms with Crippen LogP contribution in [0.3, 0.4) is 0 Å². The van der Waals surface area contributed by atoms with Crippen molar-refractivity contribution in [2.75, 3.05) is 113 Å². The van der Waals surface area contributed by atoms with E-state index in [2.05, 4.69) is 20.6 Å². The van der Waals surface area contributed by atoms with E-state index >= 15 is 0 Å². The molecule has 0 rings (SSSR count). The van der Waals surface area contributed by atoms with Crippen LogP contribution in [0.15, 0.2) is 9.98 Å². The molecule has 0 aliphatic carbocycles. The average Bonchev–Trinajstić information content (AvgIpc) is 3.04. The fraction of sp³-hybridized carbons (Fsp3) is 0.826. The van der Waals surface area contributed by atoms with Crippen molar-refractivity contribution in [3.8, 4) is 0 Å². The lowest BCUT2D eigenvalue weighted by Crippen LogP contribution is -2.24. The highest BCUT2D eigenvalue weighted by atomic mass is 32.2. The van der Waals surface area contributed by atoms with Crippen molar-refractivity contribution < 1.29 is 48.8 Å². The molecular weight excluding hydrogens is 749 g/mol. The maximum atomic E-state index is 11.7. The molecule has 0 saturated carbocycles. The molecule has 0 aromatic rings. The van der Waals surface area contributed by atoms with Crippen molar-refractivity contribution in [2.24, 2.45) is 9.98 Å². The second kappa shape index (κ2) is 40.3. The molecule has 264 valence electrons. The molecule has 2 amide bonds. The summed E-state index contributed by atoms with van der Waals surface area (Å²) in [5, 5.41) is 25.0. The van der Waals surface area contributed by atoms with Gasteiger partial charge in [-0.05, 0) is 0 Å². The number of ether oxygens (including phenoxy) is 2. The van der Waals surface area contributed by atoms with E-state index in [1.165, 1.54) is 24.6 Å². The summed E-state index contributed by atoms with van der Waals surface area (Å²) in [6.07, 6.45) is 1.67. The largest absolute Gasteiger partial charge is 0.449 e. The van der Waals surface area contributed by atoms with Crippen molar-refractivity contribution in [1.82, 2.24) is 10.6 Å². The highest BCUT2D eigenvalue weighted by molar-refractivity contribution is 8.16. The van der Waals surface area contributed by atoms with Gasteiger partial charge in [-0.15, -0.1) is 70.6 Å². The van der Waals surface area contributed by atoms with Gasteiger partial charge in [0.05, 0.1) is 36.7 Å². The second-order valence-electron chi connectivity index (χ2n) is 7.24. The van der Waals surface area contributed by atoms with Crippen LogP contribution < -0.4 is 10.6 Å². The number of carbonyl (C=O) groups is 2. The molecule has 0 spiro atoms. The number of carbonyl (C=O) groups excluding carboxylic acids is 2. The number of rotatable bonds is 34. The summed E-state index contributed by atoms with van der Waals surface area (Å²) in [5.41, 5.74) is 0. The van der Waals surface area contributed by atoms with Crippen molar-refractivity contribution >= 4 is 119 Å². The third-order valence-electron chi connectivity index (χ3n) is 3.85. The number of hydrogen-bond acceptors (Lipinski definition) is 20. The van der Waals surface area contributed by atoms with Crippen LogP contribution in [-0.2, 0) is 29.0 Å². The molecule has 14 nitrogen and oxygen atoms in total. The lowest BCUT2D eigenvalue weighted by atomic mass is 10.8. The van der Waals surface area contributed by atoms with Crippen LogP contribution in [0.5, 0.6) is 0 Å². The van der Waals surface area contributed by atoms with Gasteiger partial charge in [0.15, 0.2) is 0 Å². The zero-order valence-corrected chi connectivity index (χ0v) is 31.4. The van der Waals surface area contributed by atoms with Crippen LogP contribution >= 0.6 is 94.1 Å². The lowest BCUT2D eigenvalue weighted by molar-refractivity contribution is -0.210. The van der Waals surface area contributed by atoms with Gasteiger partial charge < -0.3 is 40.1 Å². The summed E-state index contributed by atoms with van der Waals surface area (Å²) < 4.78 is 10.2. The van der Waals surface area contributed by atoms with Crippen LogP contribution in [0.1, 0.15) is 0 Å². The summed E-state index contributed by atoms with van der Waals surface area (Å²) in [5.74, 6) is 6.17. The first-order chi connectivity index (χ1) is 22.2. The molecule has 0 heterocycles. The van der Waals surface area contributed by atoms with Crippen LogP contribution in [0.2, 0.25) is 0 Å². The first kappa shape index (κ1) is 45.1. The third kappa shape index (κ3) is 40.2. The molecule has 0 atom stereocenters. The van der Waals surface area contributed by atoms with E-state index < -0.39 is 12.2 Å². The molecule has 0 bridgehead atoms. The number of aliphatic hydroxyl groups is 2.